The van der Waals surface area contributed by atoms with E-state index in [2.05, 4.69) is 5.32 Å². The number of rotatable bonds is 5. The number of alkyl carbamates (subject to hydrolysis) is 1. The number of ether oxygens (including phenoxy) is 2. The van der Waals surface area contributed by atoms with Gasteiger partial charge in [0, 0.05) is 0 Å². The molecule has 0 aromatic heterocycles. The SMILES string of the molecule is O=C(O)Cc1cccc(OCC2CNC(=O)O2)c1. The van der Waals surface area contributed by atoms with Crippen molar-refractivity contribution in [2.45, 2.75) is 12.5 Å². The van der Waals surface area contributed by atoms with Gasteiger partial charge in [0.25, 0.3) is 0 Å². The molecule has 1 aromatic carbocycles. The lowest BCUT2D eigenvalue weighted by molar-refractivity contribution is -0.136. The van der Waals surface area contributed by atoms with E-state index >= 15 is 0 Å². The molecule has 1 heterocycles. The van der Waals surface area contributed by atoms with Gasteiger partial charge in [-0.1, -0.05) is 12.1 Å². The van der Waals surface area contributed by atoms with E-state index in [1.54, 1.807) is 24.3 Å². The van der Waals surface area contributed by atoms with Crippen LogP contribution in [0.2, 0.25) is 0 Å². The smallest absolute Gasteiger partial charge is 0.407 e. The summed E-state index contributed by atoms with van der Waals surface area (Å²) < 4.78 is 10.4. The molecule has 96 valence electrons. The summed E-state index contributed by atoms with van der Waals surface area (Å²) >= 11 is 0. The molecular formula is C12H13NO5. The highest BCUT2D eigenvalue weighted by atomic mass is 16.6. The topological polar surface area (TPSA) is 84.9 Å². The van der Waals surface area contributed by atoms with Crippen molar-refractivity contribution in [3.63, 3.8) is 0 Å². The molecule has 1 saturated heterocycles. The van der Waals surface area contributed by atoms with Crippen LogP contribution in [0.15, 0.2) is 24.3 Å². The zero-order valence-electron chi connectivity index (χ0n) is 9.59. The number of benzene rings is 1. The summed E-state index contributed by atoms with van der Waals surface area (Å²) in [4.78, 5) is 21.4. The van der Waals surface area contributed by atoms with Crippen LogP contribution in [0.5, 0.6) is 5.75 Å². The molecule has 1 atom stereocenters. The average molecular weight is 251 g/mol. The first-order chi connectivity index (χ1) is 8.63. The van der Waals surface area contributed by atoms with Crippen molar-refractivity contribution in [3.8, 4) is 5.75 Å². The highest BCUT2D eigenvalue weighted by Gasteiger charge is 2.22. The second kappa shape index (κ2) is 5.39. The summed E-state index contributed by atoms with van der Waals surface area (Å²) in [5.74, 6) is -0.322. The molecule has 0 radical (unpaired) electrons. The van der Waals surface area contributed by atoms with E-state index in [0.717, 1.165) is 0 Å². The van der Waals surface area contributed by atoms with Gasteiger partial charge in [0.15, 0.2) is 6.10 Å². The van der Waals surface area contributed by atoms with Crippen LogP contribution in [0.3, 0.4) is 0 Å². The summed E-state index contributed by atoms with van der Waals surface area (Å²) in [7, 11) is 0. The zero-order valence-corrected chi connectivity index (χ0v) is 9.59. The highest BCUT2D eigenvalue weighted by molar-refractivity contribution is 5.70. The fraction of sp³-hybridized carbons (Fsp3) is 0.333. The molecule has 1 fully saturated rings. The Bertz CT molecular complexity index is 460. The maximum atomic E-state index is 10.8. The normalized spacial score (nSPS) is 18.0. The van der Waals surface area contributed by atoms with Gasteiger partial charge in [-0.15, -0.1) is 0 Å². The van der Waals surface area contributed by atoms with Crippen molar-refractivity contribution in [1.82, 2.24) is 5.32 Å². The molecule has 2 rings (SSSR count). The Hall–Kier alpha value is -2.24. The Kier molecular flexibility index (Phi) is 3.66. The van der Waals surface area contributed by atoms with Gasteiger partial charge in [-0.05, 0) is 17.7 Å². The van der Waals surface area contributed by atoms with Crippen LogP contribution >= 0.6 is 0 Å². The molecule has 0 aliphatic carbocycles. The molecule has 1 aromatic rings. The lowest BCUT2D eigenvalue weighted by Crippen LogP contribution is -2.21. The molecule has 2 N–H and O–H groups in total. The largest absolute Gasteiger partial charge is 0.490 e. The molecule has 1 aliphatic rings. The molecule has 0 bridgehead atoms. The van der Waals surface area contributed by atoms with Gasteiger partial charge in [0.1, 0.15) is 12.4 Å². The van der Waals surface area contributed by atoms with Crippen LogP contribution in [0, 0.1) is 0 Å². The summed E-state index contributed by atoms with van der Waals surface area (Å²) in [5.41, 5.74) is 0.668. The molecular weight excluding hydrogens is 238 g/mol. The van der Waals surface area contributed by atoms with Crippen LogP contribution < -0.4 is 10.1 Å². The standard InChI is InChI=1S/C12H13NO5/c14-11(15)5-8-2-1-3-9(4-8)17-7-10-6-13-12(16)18-10/h1-4,10H,5-7H2,(H,13,16)(H,14,15). The van der Waals surface area contributed by atoms with Gasteiger partial charge in [-0.25, -0.2) is 4.79 Å². The summed E-state index contributed by atoms with van der Waals surface area (Å²) in [6.07, 6.45) is -0.791. The van der Waals surface area contributed by atoms with Gasteiger partial charge in [-0.3, -0.25) is 4.79 Å². The fourth-order valence-electron chi connectivity index (χ4n) is 1.63. The van der Waals surface area contributed by atoms with Crippen molar-refractivity contribution >= 4 is 12.1 Å². The van der Waals surface area contributed by atoms with Crippen molar-refractivity contribution in [3.05, 3.63) is 29.8 Å². The number of hydrogen-bond donors (Lipinski definition) is 2. The minimum Gasteiger partial charge on any atom is -0.490 e. The number of hydrogen-bond acceptors (Lipinski definition) is 4. The van der Waals surface area contributed by atoms with E-state index in [4.69, 9.17) is 14.6 Å². The number of carbonyl (C=O) groups is 2. The average Bonchev–Trinajstić information content (AvgIpc) is 2.72. The van der Waals surface area contributed by atoms with E-state index in [0.29, 0.717) is 17.9 Å². The third-order valence-electron chi connectivity index (χ3n) is 2.44. The van der Waals surface area contributed by atoms with Crippen molar-refractivity contribution < 1.29 is 24.2 Å². The van der Waals surface area contributed by atoms with Crippen LogP contribution in [0.1, 0.15) is 5.56 Å². The summed E-state index contributed by atoms with van der Waals surface area (Å²) in [6, 6.07) is 6.85. The Balaban J connectivity index is 1.89. The molecule has 1 amide bonds. The first-order valence-corrected chi connectivity index (χ1v) is 5.51. The maximum Gasteiger partial charge on any atom is 0.407 e. The third kappa shape index (κ3) is 3.38. The molecule has 6 heteroatoms. The summed E-state index contributed by atoms with van der Waals surface area (Å²) in [5, 5.41) is 11.2. The van der Waals surface area contributed by atoms with Crippen LogP contribution in [0.4, 0.5) is 4.79 Å². The number of carboxylic acid groups (broad SMARTS) is 1. The number of carbonyl (C=O) groups excluding carboxylic acids is 1. The van der Waals surface area contributed by atoms with Crippen LogP contribution in [0.25, 0.3) is 0 Å². The highest BCUT2D eigenvalue weighted by Crippen LogP contribution is 2.15. The lowest BCUT2D eigenvalue weighted by Gasteiger charge is -2.10. The van der Waals surface area contributed by atoms with E-state index in [1.165, 1.54) is 0 Å². The van der Waals surface area contributed by atoms with Gasteiger partial charge < -0.3 is 19.9 Å². The van der Waals surface area contributed by atoms with Gasteiger partial charge in [-0.2, -0.15) is 0 Å². The van der Waals surface area contributed by atoms with Crippen LogP contribution in [-0.4, -0.2) is 36.4 Å². The third-order valence-corrected chi connectivity index (χ3v) is 2.44. The molecule has 0 spiro atoms. The van der Waals surface area contributed by atoms with Crippen LogP contribution in [-0.2, 0) is 16.0 Å². The number of amides is 1. The minimum absolute atomic E-state index is 0.0445. The van der Waals surface area contributed by atoms with Gasteiger partial charge >= 0.3 is 12.1 Å². The van der Waals surface area contributed by atoms with Crippen molar-refractivity contribution in [2.24, 2.45) is 0 Å². The molecule has 0 saturated carbocycles. The Morgan fingerprint density at radius 3 is 3.06 bits per heavy atom. The zero-order chi connectivity index (χ0) is 13.0. The lowest BCUT2D eigenvalue weighted by atomic mass is 10.1. The number of aliphatic carboxylic acids is 1. The van der Waals surface area contributed by atoms with Gasteiger partial charge in [0.05, 0.1) is 13.0 Å². The monoisotopic (exact) mass is 251 g/mol. The predicted octanol–water partition coefficient (Wildman–Crippen LogP) is 0.801. The maximum absolute atomic E-state index is 10.8. The Labute approximate surface area is 104 Å². The minimum atomic E-state index is -0.888. The van der Waals surface area contributed by atoms with E-state index < -0.39 is 12.1 Å². The van der Waals surface area contributed by atoms with E-state index in [-0.39, 0.29) is 19.1 Å². The van der Waals surface area contributed by atoms with Crippen molar-refractivity contribution in [2.75, 3.05) is 13.2 Å². The second-order valence-electron chi connectivity index (χ2n) is 3.94. The fourth-order valence-corrected chi connectivity index (χ4v) is 1.63. The van der Waals surface area contributed by atoms with Crippen molar-refractivity contribution in [1.29, 1.82) is 0 Å². The Morgan fingerprint density at radius 2 is 2.39 bits per heavy atom. The molecule has 18 heavy (non-hydrogen) atoms. The van der Waals surface area contributed by atoms with Gasteiger partial charge in [0.2, 0.25) is 0 Å². The van der Waals surface area contributed by atoms with E-state index in [1.807, 2.05) is 0 Å². The predicted molar refractivity (Wildman–Crippen MR) is 61.5 cm³/mol. The quantitative estimate of drug-likeness (QED) is 0.808. The first kappa shape index (κ1) is 12.2. The number of carboxylic acids is 1. The second-order valence-corrected chi connectivity index (χ2v) is 3.94. The molecule has 1 aliphatic heterocycles. The first-order valence-electron chi connectivity index (χ1n) is 5.51. The Morgan fingerprint density at radius 1 is 1.56 bits per heavy atom. The summed E-state index contributed by atoms with van der Waals surface area (Å²) in [6.45, 7) is 0.670. The number of cyclic esters (lactones) is 1. The molecule has 1 unspecified atom stereocenters. The van der Waals surface area contributed by atoms with E-state index in [9.17, 15) is 9.59 Å². The number of nitrogens with one attached hydrogen (secondary N) is 1. The molecule has 6 nitrogen and oxygen atoms in total.